The Morgan fingerprint density at radius 2 is 2.09 bits per heavy atom. The molecule has 2 fully saturated rings. The zero-order valence-corrected chi connectivity index (χ0v) is 20.4. The maximum absolute atomic E-state index is 11.8. The van der Waals surface area contributed by atoms with Crippen molar-refractivity contribution in [2.24, 2.45) is 5.92 Å². The molecule has 0 aromatic carbocycles. The number of carboxylic acids is 1. The Hall–Kier alpha value is -2.94. The zero-order chi connectivity index (χ0) is 23.9. The normalized spacial score (nSPS) is 20.8. The number of carbonyl (C=O) groups is 2. The quantitative estimate of drug-likeness (QED) is 0.465. The first kappa shape index (κ1) is 23.2. The van der Waals surface area contributed by atoms with Gasteiger partial charge in [-0.25, -0.2) is 9.78 Å². The Kier molecular flexibility index (Phi) is 6.18. The van der Waals surface area contributed by atoms with Crippen LogP contribution in [0.1, 0.15) is 39.3 Å². The average Bonchev–Trinajstić information content (AvgIpc) is 3.43. The molecule has 4 rings (SSSR count). The molecule has 1 saturated carbocycles. The summed E-state index contributed by atoms with van der Waals surface area (Å²) in [6.45, 7) is 6.21. The summed E-state index contributed by atoms with van der Waals surface area (Å²) in [5.41, 5.74) is 2.86. The molecule has 0 radical (unpaired) electrons. The largest absolute Gasteiger partial charge is 0.497 e. The van der Waals surface area contributed by atoms with Gasteiger partial charge in [-0.2, -0.15) is 0 Å². The van der Waals surface area contributed by atoms with E-state index in [0.29, 0.717) is 22.8 Å². The number of thioether (sulfide) groups is 1. The van der Waals surface area contributed by atoms with Crippen LogP contribution in [-0.4, -0.2) is 63.1 Å². The lowest BCUT2D eigenvalue weighted by Gasteiger charge is -2.25. The van der Waals surface area contributed by atoms with E-state index in [9.17, 15) is 14.7 Å². The third-order valence-corrected chi connectivity index (χ3v) is 7.04. The molecule has 0 spiro atoms. The topological polar surface area (TPSA) is 96.2 Å². The first-order valence-electron chi connectivity index (χ1n) is 11.0. The number of hydrogen-bond donors (Lipinski definition) is 2. The van der Waals surface area contributed by atoms with E-state index in [-0.39, 0.29) is 11.5 Å². The number of rotatable bonds is 7. The van der Waals surface area contributed by atoms with Crippen molar-refractivity contribution in [3.8, 4) is 5.75 Å². The molecule has 2 aromatic rings. The van der Waals surface area contributed by atoms with Gasteiger partial charge < -0.3 is 20.1 Å². The third kappa shape index (κ3) is 4.59. The van der Waals surface area contributed by atoms with E-state index in [2.05, 4.69) is 26.1 Å². The summed E-state index contributed by atoms with van der Waals surface area (Å²) >= 11 is 1.54. The number of allylic oxidation sites excluding steroid dienone is 3. The van der Waals surface area contributed by atoms with Crippen LogP contribution in [-0.2, 0) is 9.59 Å². The van der Waals surface area contributed by atoms with Crippen molar-refractivity contribution in [1.29, 1.82) is 0 Å². The second-order valence-electron chi connectivity index (χ2n) is 9.46. The van der Waals surface area contributed by atoms with Gasteiger partial charge in [0.15, 0.2) is 0 Å². The number of nitrogens with one attached hydrogen (secondary N) is 1. The number of ether oxygens (including phenoxy) is 1. The average molecular weight is 471 g/mol. The number of pyridine rings is 1. The molecule has 1 saturated heterocycles. The monoisotopic (exact) mass is 470 g/mol. The van der Waals surface area contributed by atoms with Gasteiger partial charge in [0.05, 0.1) is 12.1 Å². The van der Waals surface area contributed by atoms with E-state index < -0.39 is 12.0 Å². The van der Waals surface area contributed by atoms with Gasteiger partial charge in [-0.1, -0.05) is 0 Å². The van der Waals surface area contributed by atoms with Crippen molar-refractivity contribution < 1.29 is 19.4 Å². The first-order chi connectivity index (χ1) is 15.6. The molecule has 1 unspecified atom stereocenters. The Balaban J connectivity index is 1.94. The molecule has 33 heavy (non-hydrogen) atoms. The number of likely N-dealkylation sites (N-methyl/N-ethyl adjacent to an activating group) is 1. The van der Waals surface area contributed by atoms with Crippen molar-refractivity contribution in [1.82, 2.24) is 14.3 Å². The Bertz CT molecular complexity index is 1160. The molecule has 1 atom stereocenters. The molecule has 9 heteroatoms. The molecule has 176 valence electrons. The molecular formula is C24H30N4O4S. The molecule has 1 aliphatic heterocycles. The van der Waals surface area contributed by atoms with E-state index in [4.69, 9.17) is 9.72 Å². The van der Waals surface area contributed by atoms with Gasteiger partial charge >= 0.3 is 5.97 Å². The Labute approximate surface area is 197 Å². The van der Waals surface area contributed by atoms with E-state index in [0.717, 1.165) is 41.1 Å². The maximum atomic E-state index is 11.8. The van der Waals surface area contributed by atoms with Crippen LogP contribution in [0.15, 0.2) is 35.0 Å². The molecule has 2 aromatic heterocycles. The maximum Gasteiger partial charge on any atom is 0.327 e. The highest BCUT2D eigenvalue weighted by molar-refractivity contribution is 8.03. The smallest absolute Gasteiger partial charge is 0.327 e. The van der Waals surface area contributed by atoms with E-state index in [1.807, 2.05) is 34.7 Å². The summed E-state index contributed by atoms with van der Waals surface area (Å²) in [5, 5.41) is 14.1. The summed E-state index contributed by atoms with van der Waals surface area (Å²) in [6, 6.07) is 3.14. The number of aromatic nitrogens is 2. The van der Waals surface area contributed by atoms with Crippen LogP contribution in [0, 0.1) is 5.92 Å². The molecule has 3 heterocycles. The van der Waals surface area contributed by atoms with Gasteiger partial charge in [0, 0.05) is 36.2 Å². The van der Waals surface area contributed by atoms with Crippen LogP contribution in [0.3, 0.4) is 0 Å². The predicted molar refractivity (Wildman–Crippen MR) is 131 cm³/mol. The summed E-state index contributed by atoms with van der Waals surface area (Å²) in [6.07, 6.45) is 6.26. The number of anilines is 1. The van der Waals surface area contributed by atoms with Gasteiger partial charge in [0.2, 0.25) is 0 Å². The molecule has 8 nitrogen and oxygen atoms in total. The molecule has 2 aliphatic rings. The summed E-state index contributed by atoms with van der Waals surface area (Å²) < 4.78 is 7.35. The van der Waals surface area contributed by atoms with Crippen LogP contribution < -0.4 is 10.1 Å². The summed E-state index contributed by atoms with van der Waals surface area (Å²) in [7, 11) is 3.43. The molecule has 1 aliphatic carbocycles. The molecular weight excluding hydrogens is 440 g/mol. The van der Waals surface area contributed by atoms with Crippen LogP contribution >= 0.6 is 11.8 Å². The Morgan fingerprint density at radius 3 is 2.64 bits per heavy atom. The van der Waals surface area contributed by atoms with Crippen molar-refractivity contribution in [3.63, 3.8) is 0 Å². The number of methoxy groups -OCH3 is 1. The zero-order valence-electron chi connectivity index (χ0n) is 19.6. The SMILES string of the molecule is COc1ccn2c(NC(C)(C)C)c(C(=C/C=O)/C(=C3/SCC(C(=O)O)N3C)C3CC3)nc2c1. The fourth-order valence-electron chi connectivity index (χ4n) is 4.08. The van der Waals surface area contributed by atoms with Crippen molar-refractivity contribution >= 4 is 41.1 Å². The summed E-state index contributed by atoms with van der Waals surface area (Å²) in [5.74, 6) is 1.38. The minimum atomic E-state index is -0.842. The summed E-state index contributed by atoms with van der Waals surface area (Å²) in [4.78, 5) is 30.3. The van der Waals surface area contributed by atoms with Crippen molar-refractivity contribution in [2.75, 3.05) is 25.2 Å². The second-order valence-corrected chi connectivity index (χ2v) is 10.5. The lowest BCUT2D eigenvalue weighted by molar-refractivity contribution is -0.140. The minimum Gasteiger partial charge on any atom is -0.497 e. The Morgan fingerprint density at radius 1 is 1.36 bits per heavy atom. The molecule has 2 N–H and O–H groups in total. The van der Waals surface area contributed by atoms with Gasteiger partial charge in [-0.3, -0.25) is 9.20 Å². The minimum absolute atomic E-state index is 0.253. The first-order valence-corrected chi connectivity index (χ1v) is 12.0. The highest BCUT2D eigenvalue weighted by Crippen LogP contribution is 2.50. The van der Waals surface area contributed by atoms with Crippen LogP contribution in [0.4, 0.5) is 5.82 Å². The number of aliphatic carboxylic acids is 1. The third-order valence-electron chi connectivity index (χ3n) is 5.77. The second kappa shape index (κ2) is 8.78. The number of fused-ring (bicyclic) bond motifs is 1. The van der Waals surface area contributed by atoms with E-state index in [1.165, 1.54) is 11.8 Å². The molecule has 0 bridgehead atoms. The van der Waals surface area contributed by atoms with Crippen molar-refractivity contribution in [3.05, 3.63) is 40.7 Å². The van der Waals surface area contributed by atoms with Gasteiger partial charge in [0.1, 0.15) is 35.2 Å². The number of nitrogens with zero attached hydrogens (tertiary/aromatic N) is 3. The van der Waals surface area contributed by atoms with E-state index in [1.54, 1.807) is 13.2 Å². The number of imidazole rings is 1. The van der Waals surface area contributed by atoms with Crippen LogP contribution in [0.5, 0.6) is 5.75 Å². The number of aldehydes is 1. The highest BCUT2D eigenvalue weighted by atomic mass is 32.2. The lowest BCUT2D eigenvalue weighted by Crippen LogP contribution is -2.34. The molecule has 0 amide bonds. The number of carboxylic acid groups (broad SMARTS) is 1. The van der Waals surface area contributed by atoms with Crippen molar-refractivity contribution in [2.45, 2.75) is 45.2 Å². The lowest BCUT2D eigenvalue weighted by atomic mass is 9.97. The predicted octanol–water partition coefficient (Wildman–Crippen LogP) is 3.89. The fraction of sp³-hybridized carbons (Fsp3) is 0.458. The van der Waals surface area contributed by atoms with Gasteiger partial charge in [0.25, 0.3) is 0 Å². The van der Waals surface area contributed by atoms with E-state index >= 15 is 0 Å². The number of hydrogen-bond acceptors (Lipinski definition) is 7. The number of carbonyl (C=O) groups excluding carboxylic acids is 1. The highest BCUT2D eigenvalue weighted by Gasteiger charge is 2.40. The van der Waals surface area contributed by atoms with Gasteiger partial charge in [-0.05, 0) is 57.2 Å². The fourth-order valence-corrected chi connectivity index (χ4v) is 5.52. The van der Waals surface area contributed by atoms with Crippen LogP contribution in [0.2, 0.25) is 0 Å². The van der Waals surface area contributed by atoms with Gasteiger partial charge in [-0.15, -0.1) is 11.8 Å². The standard InChI is InChI=1S/C24H30N4O4S/c1-24(2,3)26-21-20(25-18-12-15(32-5)8-10-28(18)21)16(9-11-29)19(14-6-7-14)22-27(4)17(13-33-22)23(30)31/h8-12,14,17,26H,6-7,13H2,1-5H3,(H,30,31)/b16-9+,22-19+. The van der Waals surface area contributed by atoms with Crippen LogP contribution in [0.25, 0.3) is 11.2 Å².